The summed E-state index contributed by atoms with van der Waals surface area (Å²) < 4.78 is 10.5. The molecule has 1 aliphatic carbocycles. The quantitative estimate of drug-likeness (QED) is 0.240. The molecule has 0 amide bonds. The van der Waals surface area contributed by atoms with Crippen LogP contribution in [0, 0.1) is 29.6 Å². The standard InChI is InChI=1S/C25H46O4/c1-6-7-8-17-29-25(27)23-18-21(15-16-22(23)24(26)28-5)14-10-13-20(4)12-9-11-19(2)3/h19-23H,6-18H2,1-5H3. The van der Waals surface area contributed by atoms with Crippen LogP contribution in [0.5, 0.6) is 0 Å². The molecule has 4 heteroatoms. The van der Waals surface area contributed by atoms with Crippen molar-refractivity contribution in [3.05, 3.63) is 0 Å². The highest BCUT2D eigenvalue weighted by molar-refractivity contribution is 5.82. The molecule has 4 atom stereocenters. The Bertz CT molecular complexity index is 460. The van der Waals surface area contributed by atoms with E-state index in [0.717, 1.165) is 56.8 Å². The third-order valence-electron chi connectivity index (χ3n) is 6.55. The number of hydrogen-bond acceptors (Lipinski definition) is 4. The van der Waals surface area contributed by atoms with Gasteiger partial charge in [0.15, 0.2) is 0 Å². The monoisotopic (exact) mass is 410 g/mol. The number of rotatable bonds is 14. The van der Waals surface area contributed by atoms with Gasteiger partial charge in [0.2, 0.25) is 0 Å². The van der Waals surface area contributed by atoms with Crippen molar-refractivity contribution in [1.82, 2.24) is 0 Å². The Balaban J connectivity index is 2.45. The molecule has 0 spiro atoms. The van der Waals surface area contributed by atoms with Gasteiger partial charge in [-0.15, -0.1) is 0 Å². The van der Waals surface area contributed by atoms with Crippen molar-refractivity contribution in [1.29, 1.82) is 0 Å². The number of carbonyl (C=O) groups is 2. The van der Waals surface area contributed by atoms with Gasteiger partial charge in [-0.3, -0.25) is 9.59 Å². The summed E-state index contributed by atoms with van der Waals surface area (Å²) in [5.74, 6) is 0.995. The van der Waals surface area contributed by atoms with Crippen LogP contribution in [-0.2, 0) is 19.1 Å². The summed E-state index contributed by atoms with van der Waals surface area (Å²) in [5.41, 5.74) is 0. The Morgan fingerprint density at radius 3 is 2.28 bits per heavy atom. The molecule has 0 saturated heterocycles. The van der Waals surface area contributed by atoms with E-state index in [0.29, 0.717) is 12.5 Å². The van der Waals surface area contributed by atoms with E-state index in [2.05, 4.69) is 27.7 Å². The van der Waals surface area contributed by atoms with Gasteiger partial charge in [-0.1, -0.05) is 79.1 Å². The van der Waals surface area contributed by atoms with Gasteiger partial charge in [-0.05, 0) is 43.4 Å². The largest absolute Gasteiger partial charge is 0.469 e. The summed E-state index contributed by atoms with van der Waals surface area (Å²) in [6.45, 7) is 9.55. The smallest absolute Gasteiger partial charge is 0.309 e. The second-order valence-corrected chi connectivity index (χ2v) is 9.65. The summed E-state index contributed by atoms with van der Waals surface area (Å²) in [6, 6.07) is 0. The Morgan fingerprint density at radius 2 is 1.62 bits per heavy atom. The molecule has 1 fully saturated rings. The molecule has 0 aromatic carbocycles. The van der Waals surface area contributed by atoms with Gasteiger partial charge < -0.3 is 9.47 Å². The highest BCUT2D eigenvalue weighted by Crippen LogP contribution is 2.38. The molecule has 0 heterocycles. The number of methoxy groups -OCH3 is 1. The van der Waals surface area contributed by atoms with E-state index in [9.17, 15) is 9.59 Å². The van der Waals surface area contributed by atoms with E-state index < -0.39 is 0 Å². The van der Waals surface area contributed by atoms with Crippen molar-refractivity contribution in [2.24, 2.45) is 29.6 Å². The molecule has 4 nitrogen and oxygen atoms in total. The number of ether oxygens (including phenoxy) is 2. The van der Waals surface area contributed by atoms with Crippen LogP contribution in [0.15, 0.2) is 0 Å². The van der Waals surface area contributed by atoms with Crippen LogP contribution < -0.4 is 0 Å². The molecule has 1 rings (SSSR count). The molecular formula is C25H46O4. The third kappa shape index (κ3) is 10.5. The lowest BCUT2D eigenvalue weighted by Gasteiger charge is -2.33. The van der Waals surface area contributed by atoms with Gasteiger partial charge in [0.05, 0.1) is 25.6 Å². The molecular weight excluding hydrogens is 364 g/mol. The molecule has 0 N–H and O–H groups in total. The normalized spacial score (nSPS) is 23.0. The van der Waals surface area contributed by atoms with Crippen LogP contribution in [0.25, 0.3) is 0 Å². The first-order valence-corrected chi connectivity index (χ1v) is 12.1. The maximum absolute atomic E-state index is 12.7. The van der Waals surface area contributed by atoms with Gasteiger partial charge in [-0.2, -0.15) is 0 Å². The summed E-state index contributed by atoms with van der Waals surface area (Å²) in [6.07, 6.45) is 13.2. The lowest BCUT2D eigenvalue weighted by Crippen LogP contribution is -2.37. The highest BCUT2D eigenvalue weighted by Gasteiger charge is 2.40. The van der Waals surface area contributed by atoms with Crippen LogP contribution >= 0.6 is 0 Å². The predicted octanol–water partition coefficient (Wildman–Crippen LogP) is 6.56. The van der Waals surface area contributed by atoms with Gasteiger partial charge >= 0.3 is 11.9 Å². The second-order valence-electron chi connectivity index (χ2n) is 9.65. The molecule has 4 unspecified atom stereocenters. The topological polar surface area (TPSA) is 52.6 Å². The van der Waals surface area contributed by atoms with Crippen LogP contribution in [0.3, 0.4) is 0 Å². The fourth-order valence-corrected chi connectivity index (χ4v) is 4.62. The molecule has 29 heavy (non-hydrogen) atoms. The second kappa shape index (κ2) is 14.8. The summed E-state index contributed by atoms with van der Waals surface area (Å²) in [7, 11) is 1.42. The van der Waals surface area contributed by atoms with Crippen LogP contribution in [0.2, 0.25) is 0 Å². The summed E-state index contributed by atoms with van der Waals surface area (Å²) >= 11 is 0. The zero-order valence-electron chi connectivity index (χ0n) is 19.7. The van der Waals surface area contributed by atoms with Gasteiger partial charge in [-0.25, -0.2) is 0 Å². The summed E-state index contributed by atoms with van der Waals surface area (Å²) in [5, 5.41) is 0. The van der Waals surface area contributed by atoms with Gasteiger partial charge in [0, 0.05) is 0 Å². The number of unbranched alkanes of at least 4 members (excludes halogenated alkanes) is 2. The van der Waals surface area contributed by atoms with Crippen molar-refractivity contribution in [2.45, 2.75) is 105 Å². The Hall–Kier alpha value is -1.06. The van der Waals surface area contributed by atoms with E-state index in [1.54, 1.807) is 0 Å². The highest BCUT2D eigenvalue weighted by atomic mass is 16.5. The van der Waals surface area contributed by atoms with Crippen molar-refractivity contribution < 1.29 is 19.1 Å². The van der Waals surface area contributed by atoms with E-state index in [1.165, 1.54) is 39.2 Å². The summed E-state index contributed by atoms with van der Waals surface area (Å²) in [4.78, 5) is 24.8. The first-order valence-electron chi connectivity index (χ1n) is 12.1. The molecule has 0 aliphatic heterocycles. The molecule has 0 bridgehead atoms. The van der Waals surface area contributed by atoms with Gasteiger partial charge in [0.1, 0.15) is 0 Å². The predicted molar refractivity (Wildman–Crippen MR) is 119 cm³/mol. The lowest BCUT2D eigenvalue weighted by molar-refractivity contribution is -0.162. The van der Waals surface area contributed by atoms with E-state index >= 15 is 0 Å². The minimum atomic E-state index is -0.329. The van der Waals surface area contributed by atoms with Crippen LogP contribution in [0.1, 0.15) is 105 Å². The molecule has 1 saturated carbocycles. The van der Waals surface area contributed by atoms with Crippen LogP contribution in [-0.4, -0.2) is 25.7 Å². The first kappa shape index (κ1) is 26.0. The average molecular weight is 411 g/mol. The number of esters is 2. The minimum Gasteiger partial charge on any atom is -0.469 e. The Morgan fingerprint density at radius 1 is 0.897 bits per heavy atom. The Labute approximate surface area is 179 Å². The molecule has 1 aliphatic rings. The maximum Gasteiger partial charge on any atom is 0.309 e. The van der Waals surface area contributed by atoms with E-state index in [-0.39, 0.29) is 23.8 Å². The van der Waals surface area contributed by atoms with Gasteiger partial charge in [0.25, 0.3) is 0 Å². The van der Waals surface area contributed by atoms with E-state index in [1.807, 2.05) is 0 Å². The first-order chi connectivity index (χ1) is 13.9. The molecule has 170 valence electrons. The lowest BCUT2D eigenvalue weighted by atomic mass is 9.72. The third-order valence-corrected chi connectivity index (χ3v) is 6.55. The fourth-order valence-electron chi connectivity index (χ4n) is 4.62. The fraction of sp³-hybridized carbons (Fsp3) is 0.920. The minimum absolute atomic E-state index is 0.191. The van der Waals surface area contributed by atoms with Crippen molar-refractivity contribution in [3.63, 3.8) is 0 Å². The SMILES string of the molecule is CCCCCOC(=O)C1CC(CCCC(C)CCCC(C)C)CCC1C(=O)OC. The zero-order chi connectivity index (χ0) is 21.6. The molecule has 0 aromatic heterocycles. The van der Waals surface area contributed by atoms with Crippen molar-refractivity contribution >= 4 is 11.9 Å². The molecule has 0 radical (unpaired) electrons. The number of hydrogen-bond donors (Lipinski definition) is 0. The van der Waals surface area contributed by atoms with E-state index in [4.69, 9.17) is 9.47 Å². The molecule has 0 aromatic rings. The zero-order valence-corrected chi connectivity index (χ0v) is 19.7. The Kier molecular flexibility index (Phi) is 13.3. The average Bonchev–Trinajstić information content (AvgIpc) is 2.70. The van der Waals surface area contributed by atoms with Crippen molar-refractivity contribution in [3.8, 4) is 0 Å². The number of carbonyl (C=O) groups excluding carboxylic acids is 2. The van der Waals surface area contributed by atoms with Crippen molar-refractivity contribution in [2.75, 3.05) is 13.7 Å². The van der Waals surface area contributed by atoms with Crippen LogP contribution in [0.4, 0.5) is 0 Å². The maximum atomic E-state index is 12.7.